The lowest BCUT2D eigenvalue weighted by molar-refractivity contribution is -0.355. The van der Waals surface area contributed by atoms with Crippen molar-refractivity contribution >= 4 is 0 Å². The summed E-state index contributed by atoms with van der Waals surface area (Å²) in [6.45, 7) is 4.64. The minimum Gasteiger partial charge on any atom is -0.331 e. The molecule has 4 nitrogen and oxygen atoms in total. The van der Waals surface area contributed by atoms with Gasteiger partial charge in [-0.25, -0.2) is 0 Å². The third-order valence-corrected chi connectivity index (χ3v) is 4.73. The minimum atomic E-state index is -0.842. The molecule has 4 heteroatoms. The molecule has 0 fully saturated rings. The maximum absolute atomic E-state index is 5.31. The molecule has 0 rings (SSSR count). The molecule has 0 aromatic carbocycles. The number of ether oxygens (including phenoxy) is 3. The summed E-state index contributed by atoms with van der Waals surface area (Å²) in [5.74, 6) is -0.842. The fourth-order valence-electron chi connectivity index (χ4n) is 2.99. The Balaban J connectivity index is 3.23. The van der Waals surface area contributed by atoms with Crippen molar-refractivity contribution in [2.45, 2.75) is 96.4 Å². The highest BCUT2D eigenvalue weighted by Crippen LogP contribution is 2.21. The van der Waals surface area contributed by atoms with Gasteiger partial charge in [-0.05, 0) is 32.4 Å². The predicted molar refractivity (Wildman–Crippen MR) is 102 cm³/mol. The molecular weight excluding hydrogens is 302 g/mol. The summed E-state index contributed by atoms with van der Waals surface area (Å²) >= 11 is 0. The Hall–Kier alpha value is -0.160. The van der Waals surface area contributed by atoms with E-state index < -0.39 is 5.97 Å². The van der Waals surface area contributed by atoms with Gasteiger partial charge in [0, 0.05) is 27.8 Å². The SMILES string of the molecule is CCCCNCCCCCCCCCCCCC(OC)(OC)OC. The van der Waals surface area contributed by atoms with Crippen LogP contribution in [0.3, 0.4) is 0 Å². The predicted octanol–water partition coefficient (Wildman–Crippen LogP) is 5.26. The standard InChI is InChI=1S/C20H43NO3/c1-5-6-18-21-19-16-14-12-10-8-7-9-11-13-15-17-20(22-2,23-3)24-4/h21H,5-19H2,1-4H3. The number of nitrogens with one attached hydrogen (secondary N) is 1. The number of hydrogen-bond acceptors (Lipinski definition) is 4. The number of methoxy groups -OCH3 is 3. The Morgan fingerprint density at radius 2 is 1.00 bits per heavy atom. The van der Waals surface area contributed by atoms with Gasteiger partial charge in [0.05, 0.1) is 0 Å². The first kappa shape index (κ1) is 23.8. The van der Waals surface area contributed by atoms with E-state index >= 15 is 0 Å². The quantitative estimate of drug-likeness (QED) is 0.256. The van der Waals surface area contributed by atoms with Crippen LogP contribution in [0.5, 0.6) is 0 Å². The van der Waals surface area contributed by atoms with E-state index in [1.54, 1.807) is 21.3 Å². The molecule has 0 saturated carbocycles. The average Bonchev–Trinajstić information content (AvgIpc) is 2.62. The molecule has 24 heavy (non-hydrogen) atoms. The molecule has 0 bridgehead atoms. The smallest absolute Gasteiger partial charge is 0.282 e. The van der Waals surface area contributed by atoms with Crippen molar-refractivity contribution in [3.63, 3.8) is 0 Å². The van der Waals surface area contributed by atoms with E-state index in [9.17, 15) is 0 Å². The highest BCUT2D eigenvalue weighted by atomic mass is 16.9. The van der Waals surface area contributed by atoms with Crippen LogP contribution in [0.2, 0.25) is 0 Å². The van der Waals surface area contributed by atoms with Gasteiger partial charge in [0.25, 0.3) is 5.97 Å². The maximum Gasteiger partial charge on any atom is 0.282 e. The van der Waals surface area contributed by atoms with Gasteiger partial charge in [0.1, 0.15) is 0 Å². The van der Waals surface area contributed by atoms with Gasteiger partial charge in [0.2, 0.25) is 0 Å². The van der Waals surface area contributed by atoms with Crippen molar-refractivity contribution < 1.29 is 14.2 Å². The fourth-order valence-corrected chi connectivity index (χ4v) is 2.99. The Labute approximate surface area is 151 Å². The lowest BCUT2D eigenvalue weighted by Gasteiger charge is -2.28. The topological polar surface area (TPSA) is 39.7 Å². The molecule has 0 heterocycles. The van der Waals surface area contributed by atoms with Gasteiger partial charge in [0.15, 0.2) is 0 Å². The molecular formula is C20H43NO3. The van der Waals surface area contributed by atoms with Crippen LogP contribution in [0.1, 0.15) is 90.4 Å². The highest BCUT2D eigenvalue weighted by molar-refractivity contribution is 4.57. The van der Waals surface area contributed by atoms with E-state index in [1.807, 2.05) is 0 Å². The molecule has 0 aromatic heterocycles. The lowest BCUT2D eigenvalue weighted by Crippen LogP contribution is -2.35. The van der Waals surface area contributed by atoms with Crippen LogP contribution in [-0.4, -0.2) is 40.4 Å². The third kappa shape index (κ3) is 13.2. The Bertz CT molecular complexity index is 237. The molecule has 146 valence electrons. The van der Waals surface area contributed by atoms with Crippen molar-refractivity contribution in [3.05, 3.63) is 0 Å². The summed E-state index contributed by atoms with van der Waals surface area (Å²) in [7, 11) is 4.90. The van der Waals surface area contributed by atoms with Crippen LogP contribution < -0.4 is 5.32 Å². The summed E-state index contributed by atoms with van der Waals surface area (Å²) in [6.07, 6.45) is 16.6. The van der Waals surface area contributed by atoms with Crippen molar-refractivity contribution in [1.29, 1.82) is 0 Å². The van der Waals surface area contributed by atoms with E-state index in [-0.39, 0.29) is 0 Å². The van der Waals surface area contributed by atoms with Gasteiger partial charge in [-0.3, -0.25) is 0 Å². The zero-order chi connectivity index (χ0) is 17.9. The molecule has 0 aliphatic carbocycles. The van der Waals surface area contributed by atoms with Crippen LogP contribution in [0, 0.1) is 0 Å². The zero-order valence-electron chi connectivity index (χ0n) is 16.8. The number of hydrogen-bond donors (Lipinski definition) is 1. The molecule has 0 unspecified atom stereocenters. The number of unbranched alkanes of at least 4 members (excludes halogenated alkanes) is 10. The largest absolute Gasteiger partial charge is 0.331 e. The van der Waals surface area contributed by atoms with Crippen LogP contribution in [0.15, 0.2) is 0 Å². The van der Waals surface area contributed by atoms with Crippen LogP contribution >= 0.6 is 0 Å². The molecule has 0 aliphatic rings. The maximum atomic E-state index is 5.31. The zero-order valence-corrected chi connectivity index (χ0v) is 16.8. The van der Waals surface area contributed by atoms with E-state index in [0.717, 1.165) is 12.8 Å². The molecule has 0 aliphatic heterocycles. The summed E-state index contributed by atoms with van der Waals surface area (Å²) in [6, 6.07) is 0. The molecule has 0 aromatic rings. The van der Waals surface area contributed by atoms with Crippen molar-refractivity contribution in [1.82, 2.24) is 5.32 Å². The number of rotatable bonds is 19. The molecule has 0 amide bonds. The van der Waals surface area contributed by atoms with E-state index in [0.29, 0.717) is 0 Å². The highest BCUT2D eigenvalue weighted by Gasteiger charge is 2.28. The first-order chi connectivity index (χ1) is 11.7. The van der Waals surface area contributed by atoms with E-state index in [1.165, 1.54) is 83.7 Å². The van der Waals surface area contributed by atoms with Gasteiger partial charge >= 0.3 is 0 Å². The van der Waals surface area contributed by atoms with Crippen LogP contribution in [0.4, 0.5) is 0 Å². The third-order valence-electron chi connectivity index (χ3n) is 4.73. The first-order valence-corrected chi connectivity index (χ1v) is 10.1. The Kier molecular flexibility index (Phi) is 17.5. The second-order valence-corrected chi connectivity index (χ2v) is 6.68. The summed E-state index contributed by atoms with van der Waals surface area (Å²) in [4.78, 5) is 0. The molecule has 0 atom stereocenters. The monoisotopic (exact) mass is 345 g/mol. The normalized spacial score (nSPS) is 12.0. The fraction of sp³-hybridized carbons (Fsp3) is 1.00. The van der Waals surface area contributed by atoms with Gasteiger partial charge in [-0.2, -0.15) is 0 Å². The van der Waals surface area contributed by atoms with Crippen LogP contribution in [-0.2, 0) is 14.2 Å². The molecule has 1 N–H and O–H groups in total. The Morgan fingerprint density at radius 1 is 0.583 bits per heavy atom. The second-order valence-electron chi connectivity index (χ2n) is 6.68. The second kappa shape index (κ2) is 17.7. The van der Waals surface area contributed by atoms with E-state index in [4.69, 9.17) is 14.2 Å². The minimum absolute atomic E-state index is 0.794. The van der Waals surface area contributed by atoms with Crippen molar-refractivity contribution in [3.8, 4) is 0 Å². The summed E-state index contributed by atoms with van der Waals surface area (Å²) in [5, 5.41) is 3.51. The van der Waals surface area contributed by atoms with Gasteiger partial charge < -0.3 is 19.5 Å². The molecule has 0 saturated heterocycles. The van der Waals surface area contributed by atoms with Crippen molar-refractivity contribution in [2.75, 3.05) is 34.4 Å². The molecule has 0 radical (unpaired) electrons. The Morgan fingerprint density at radius 3 is 1.46 bits per heavy atom. The lowest BCUT2D eigenvalue weighted by atomic mass is 10.1. The average molecular weight is 346 g/mol. The van der Waals surface area contributed by atoms with Crippen LogP contribution in [0.25, 0.3) is 0 Å². The first-order valence-electron chi connectivity index (χ1n) is 10.1. The van der Waals surface area contributed by atoms with Crippen molar-refractivity contribution in [2.24, 2.45) is 0 Å². The summed E-state index contributed by atoms with van der Waals surface area (Å²) < 4.78 is 15.9. The molecule has 0 spiro atoms. The van der Waals surface area contributed by atoms with Gasteiger partial charge in [-0.1, -0.05) is 64.7 Å². The van der Waals surface area contributed by atoms with Gasteiger partial charge in [-0.15, -0.1) is 0 Å². The summed E-state index contributed by atoms with van der Waals surface area (Å²) in [5.41, 5.74) is 0. The van der Waals surface area contributed by atoms with E-state index in [2.05, 4.69) is 12.2 Å².